The molecule has 0 bridgehead atoms. The number of hydrogen-bond donors (Lipinski definition) is 1. The Morgan fingerprint density at radius 2 is 2.24 bits per heavy atom. The van der Waals surface area contributed by atoms with Crippen molar-refractivity contribution < 1.29 is 4.74 Å². The SMILES string of the molecule is CN=C(NCCC1CCCO1)N(C)Cc1ccccc1C. The molecular formula is C17H27N3O. The van der Waals surface area contributed by atoms with Crippen molar-refractivity contribution in [1.82, 2.24) is 10.2 Å². The summed E-state index contributed by atoms with van der Waals surface area (Å²) in [6.45, 7) is 4.85. The Bertz CT molecular complexity index is 467. The van der Waals surface area contributed by atoms with Crippen molar-refractivity contribution in [2.75, 3.05) is 27.2 Å². The molecule has 21 heavy (non-hydrogen) atoms. The fourth-order valence-corrected chi connectivity index (χ4v) is 2.72. The Balaban J connectivity index is 1.81. The molecule has 4 heteroatoms. The van der Waals surface area contributed by atoms with Gasteiger partial charge < -0.3 is 15.0 Å². The first kappa shape index (κ1) is 15.8. The summed E-state index contributed by atoms with van der Waals surface area (Å²) >= 11 is 0. The van der Waals surface area contributed by atoms with Gasteiger partial charge in [-0.25, -0.2) is 0 Å². The second kappa shape index (κ2) is 8.03. The monoisotopic (exact) mass is 289 g/mol. The summed E-state index contributed by atoms with van der Waals surface area (Å²) < 4.78 is 5.65. The predicted molar refractivity (Wildman–Crippen MR) is 87.6 cm³/mol. The average Bonchev–Trinajstić information content (AvgIpc) is 2.99. The highest BCUT2D eigenvalue weighted by Gasteiger charge is 2.15. The number of hydrogen-bond acceptors (Lipinski definition) is 2. The molecule has 116 valence electrons. The number of rotatable bonds is 5. The highest BCUT2D eigenvalue weighted by molar-refractivity contribution is 5.79. The van der Waals surface area contributed by atoms with Crippen LogP contribution in [0.2, 0.25) is 0 Å². The first-order valence-electron chi connectivity index (χ1n) is 7.78. The topological polar surface area (TPSA) is 36.9 Å². The molecule has 1 heterocycles. The van der Waals surface area contributed by atoms with Gasteiger partial charge in [0.1, 0.15) is 0 Å². The van der Waals surface area contributed by atoms with E-state index >= 15 is 0 Å². The van der Waals surface area contributed by atoms with Crippen molar-refractivity contribution >= 4 is 5.96 Å². The van der Waals surface area contributed by atoms with E-state index in [-0.39, 0.29) is 0 Å². The minimum Gasteiger partial charge on any atom is -0.378 e. The van der Waals surface area contributed by atoms with Gasteiger partial charge in [0.05, 0.1) is 6.10 Å². The molecule has 0 amide bonds. The fraction of sp³-hybridized carbons (Fsp3) is 0.588. The van der Waals surface area contributed by atoms with E-state index in [0.29, 0.717) is 6.10 Å². The van der Waals surface area contributed by atoms with Crippen molar-refractivity contribution in [2.45, 2.75) is 38.8 Å². The lowest BCUT2D eigenvalue weighted by Gasteiger charge is -2.23. The molecule has 1 N–H and O–H groups in total. The van der Waals surface area contributed by atoms with Crippen LogP contribution in [0.15, 0.2) is 29.3 Å². The van der Waals surface area contributed by atoms with Crippen LogP contribution in [0.1, 0.15) is 30.4 Å². The van der Waals surface area contributed by atoms with Gasteiger partial charge in [-0.15, -0.1) is 0 Å². The third kappa shape index (κ3) is 4.74. The lowest BCUT2D eigenvalue weighted by molar-refractivity contribution is 0.105. The summed E-state index contributed by atoms with van der Waals surface area (Å²) in [6.07, 6.45) is 3.88. The first-order valence-corrected chi connectivity index (χ1v) is 7.78. The summed E-state index contributed by atoms with van der Waals surface area (Å²) in [4.78, 5) is 6.53. The number of nitrogens with zero attached hydrogens (tertiary/aromatic N) is 2. The second-order valence-corrected chi connectivity index (χ2v) is 5.68. The Morgan fingerprint density at radius 1 is 1.43 bits per heavy atom. The van der Waals surface area contributed by atoms with Crippen LogP contribution in [0.25, 0.3) is 0 Å². The zero-order valence-electron chi connectivity index (χ0n) is 13.4. The molecule has 1 aliphatic rings. The minimum atomic E-state index is 0.428. The molecular weight excluding hydrogens is 262 g/mol. The lowest BCUT2D eigenvalue weighted by Crippen LogP contribution is -2.39. The number of ether oxygens (including phenoxy) is 1. The highest BCUT2D eigenvalue weighted by Crippen LogP contribution is 2.14. The normalized spacial score (nSPS) is 18.8. The van der Waals surface area contributed by atoms with Crippen molar-refractivity contribution in [3.05, 3.63) is 35.4 Å². The van der Waals surface area contributed by atoms with E-state index in [1.165, 1.54) is 24.0 Å². The number of guanidine groups is 1. The minimum absolute atomic E-state index is 0.428. The second-order valence-electron chi connectivity index (χ2n) is 5.68. The number of aliphatic imine (C=N–C) groups is 1. The molecule has 1 atom stereocenters. The Morgan fingerprint density at radius 3 is 2.90 bits per heavy atom. The van der Waals surface area contributed by atoms with Crippen LogP contribution in [0.4, 0.5) is 0 Å². The quantitative estimate of drug-likeness (QED) is 0.668. The summed E-state index contributed by atoms with van der Waals surface area (Å²) in [6, 6.07) is 8.49. The summed E-state index contributed by atoms with van der Waals surface area (Å²) in [5, 5.41) is 3.43. The molecule has 1 saturated heterocycles. The van der Waals surface area contributed by atoms with E-state index in [2.05, 4.69) is 53.4 Å². The third-order valence-electron chi connectivity index (χ3n) is 4.02. The van der Waals surface area contributed by atoms with Gasteiger partial charge in [-0.1, -0.05) is 24.3 Å². The maximum Gasteiger partial charge on any atom is 0.193 e. The van der Waals surface area contributed by atoms with Crippen LogP contribution < -0.4 is 5.32 Å². The van der Waals surface area contributed by atoms with E-state index in [1.54, 1.807) is 0 Å². The Kier molecular flexibility index (Phi) is 6.05. The molecule has 2 rings (SSSR count). The van der Waals surface area contributed by atoms with Crippen molar-refractivity contribution in [1.29, 1.82) is 0 Å². The molecule has 1 aromatic carbocycles. The van der Waals surface area contributed by atoms with Gasteiger partial charge in [0, 0.05) is 33.8 Å². The summed E-state index contributed by atoms with van der Waals surface area (Å²) in [5.41, 5.74) is 2.65. The van der Waals surface area contributed by atoms with Gasteiger partial charge in [-0.05, 0) is 37.3 Å². The van der Waals surface area contributed by atoms with Crippen molar-refractivity contribution in [3.8, 4) is 0 Å². The Hall–Kier alpha value is -1.55. The van der Waals surface area contributed by atoms with Gasteiger partial charge in [0.2, 0.25) is 0 Å². The maximum absolute atomic E-state index is 5.65. The van der Waals surface area contributed by atoms with Gasteiger partial charge >= 0.3 is 0 Å². The molecule has 1 aromatic rings. The zero-order chi connectivity index (χ0) is 15.1. The zero-order valence-corrected chi connectivity index (χ0v) is 13.4. The van der Waals surface area contributed by atoms with E-state index in [1.807, 2.05) is 7.05 Å². The smallest absolute Gasteiger partial charge is 0.193 e. The molecule has 1 unspecified atom stereocenters. The maximum atomic E-state index is 5.65. The van der Waals surface area contributed by atoms with Crippen LogP contribution in [0.5, 0.6) is 0 Å². The largest absolute Gasteiger partial charge is 0.378 e. The molecule has 0 saturated carbocycles. The van der Waals surface area contributed by atoms with Gasteiger partial charge in [0.25, 0.3) is 0 Å². The van der Waals surface area contributed by atoms with Crippen molar-refractivity contribution in [2.24, 2.45) is 4.99 Å². The first-order chi connectivity index (χ1) is 10.2. The van der Waals surface area contributed by atoms with Crippen LogP contribution in [-0.4, -0.2) is 44.2 Å². The summed E-state index contributed by atoms with van der Waals surface area (Å²) in [7, 11) is 3.91. The van der Waals surface area contributed by atoms with Gasteiger partial charge in [0.15, 0.2) is 5.96 Å². The van der Waals surface area contributed by atoms with Crippen LogP contribution >= 0.6 is 0 Å². The highest BCUT2D eigenvalue weighted by atomic mass is 16.5. The molecule has 1 aliphatic heterocycles. The number of aryl methyl sites for hydroxylation is 1. The molecule has 0 radical (unpaired) electrons. The molecule has 0 aliphatic carbocycles. The van der Waals surface area contributed by atoms with E-state index in [4.69, 9.17) is 4.74 Å². The van der Waals surface area contributed by atoms with Crippen LogP contribution in [0, 0.1) is 6.92 Å². The van der Waals surface area contributed by atoms with E-state index in [0.717, 1.165) is 32.1 Å². The van der Waals surface area contributed by atoms with Gasteiger partial charge in [-0.3, -0.25) is 4.99 Å². The summed E-state index contributed by atoms with van der Waals surface area (Å²) in [5.74, 6) is 0.941. The Labute approximate surface area is 128 Å². The molecule has 1 fully saturated rings. The predicted octanol–water partition coefficient (Wildman–Crippen LogP) is 2.57. The molecule has 0 spiro atoms. The number of benzene rings is 1. The third-order valence-corrected chi connectivity index (χ3v) is 4.02. The van der Waals surface area contributed by atoms with Crippen LogP contribution in [-0.2, 0) is 11.3 Å². The lowest BCUT2D eigenvalue weighted by atomic mass is 10.1. The van der Waals surface area contributed by atoms with Crippen molar-refractivity contribution in [3.63, 3.8) is 0 Å². The fourth-order valence-electron chi connectivity index (χ4n) is 2.72. The molecule has 4 nitrogen and oxygen atoms in total. The average molecular weight is 289 g/mol. The standard InChI is InChI=1S/C17H27N3O/c1-14-7-4-5-8-15(14)13-20(3)17(18-2)19-11-10-16-9-6-12-21-16/h4-5,7-8,16H,6,9-13H2,1-3H3,(H,18,19). The number of nitrogens with one attached hydrogen (secondary N) is 1. The van der Waals surface area contributed by atoms with E-state index < -0.39 is 0 Å². The van der Waals surface area contributed by atoms with E-state index in [9.17, 15) is 0 Å². The van der Waals surface area contributed by atoms with Gasteiger partial charge in [-0.2, -0.15) is 0 Å². The van der Waals surface area contributed by atoms with Crippen LogP contribution in [0.3, 0.4) is 0 Å². The molecule has 0 aromatic heterocycles.